The summed E-state index contributed by atoms with van der Waals surface area (Å²) in [5.74, 6) is 0.238. The second-order valence-corrected chi connectivity index (χ2v) is 4.81. The van der Waals surface area contributed by atoms with Crippen molar-refractivity contribution < 1.29 is 15.0 Å². The third-order valence-corrected chi connectivity index (χ3v) is 3.25. The van der Waals surface area contributed by atoms with Crippen molar-refractivity contribution in [3.63, 3.8) is 0 Å². The summed E-state index contributed by atoms with van der Waals surface area (Å²) in [6.07, 6.45) is 0. The van der Waals surface area contributed by atoms with E-state index >= 15 is 0 Å². The molecule has 3 aromatic rings. The fourth-order valence-corrected chi connectivity index (χ4v) is 2.27. The maximum absolute atomic E-state index is 12.1. The first-order valence-electron chi connectivity index (χ1n) is 6.71. The number of benzene rings is 3. The number of amides is 2. The molecule has 0 saturated heterocycles. The molecule has 5 heteroatoms. The molecule has 0 aliphatic carbocycles. The second-order valence-electron chi connectivity index (χ2n) is 4.81. The predicted octanol–water partition coefficient (Wildman–Crippen LogP) is 3.90. The number of hydrogen-bond acceptors (Lipinski definition) is 3. The van der Waals surface area contributed by atoms with Gasteiger partial charge in [-0.25, -0.2) is 4.79 Å². The maximum atomic E-state index is 12.1. The number of nitrogens with one attached hydrogen (secondary N) is 2. The largest absolute Gasteiger partial charge is 0.508 e. The normalized spacial score (nSPS) is 10.4. The summed E-state index contributed by atoms with van der Waals surface area (Å²) in [4.78, 5) is 12.1. The highest BCUT2D eigenvalue weighted by atomic mass is 16.3. The van der Waals surface area contributed by atoms with Crippen molar-refractivity contribution in [2.24, 2.45) is 0 Å². The zero-order valence-electron chi connectivity index (χ0n) is 11.6. The van der Waals surface area contributed by atoms with Gasteiger partial charge in [-0.05, 0) is 24.3 Å². The van der Waals surface area contributed by atoms with Crippen LogP contribution in [0.3, 0.4) is 0 Å². The summed E-state index contributed by atoms with van der Waals surface area (Å²) in [6.45, 7) is 0. The number of fused-ring (bicyclic) bond motifs is 1. The quantitative estimate of drug-likeness (QED) is 0.578. The van der Waals surface area contributed by atoms with Crippen LogP contribution in [0, 0.1) is 0 Å². The average molecular weight is 294 g/mol. The van der Waals surface area contributed by atoms with E-state index in [4.69, 9.17) is 0 Å². The molecule has 5 nitrogen and oxygen atoms in total. The molecule has 3 aromatic carbocycles. The van der Waals surface area contributed by atoms with E-state index in [1.165, 1.54) is 12.1 Å². The van der Waals surface area contributed by atoms with Crippen LogP contribution in [0.1, 0.15) is 0 Å². The topological polar surface area (TPSA) is 81.6 Å². The van der Waals surface area contributed by atoms with E-state index in [0.29, 0.717) is 16.8 Å². The van der Waals surface area contributed by atoms with Gasteiger partial charge >= 0.3 is 6.03 Å². The second kappa shape index (κ2) is 5.65. The molecule has 0 unspecified atom stereocenters. The van der Waals surface area contributed by atoms with Crippen molar-refractivity contribution in [2.45, 2.75) is 0 Å². The summed E-state index contributed by atoms with van der Waals surface area (Å²) in [5.41, 5.74) is 1.08. The van der Waals surface area contributed by atoms with Crippen LogP contribution in [0.5, 0.6) is 11.5 Å². The van der Waals surface area contributed by atoms with Gasteiger partial charge in [-0.2, -0.15) is 0 Å². The van der Waals surface area contributed by atoms with E-state index in [9.17, 15) is 15.0 Å². The molecular formula is C17H14N2O3. The van der Waals surface area contributed by atoms with Gasteiger partial charge in [0, 0.05) is 22.5 Å². The van der Waals surface area contributed by atoms with Crippen LogP contribution in [0.25, 0.3) is 10.8 Å². The minimum absolute atomic E-state index is 0.0767. The van der Waals surface area contributed by atoms with E-state index in [0.717, 1.165) is 5.39 Å². The zero-order chi connectivity index (χ0) is 15.5. The van der Waals surface area contributed by atoms with E-state index in [1.54, 1.807) is 42.5 Å². The number of anilines is 2. The van der Waals surface area contributed by atoms with Crippen molar-refractivity contribution in [3.05, 3.63) is 60.7 Å². The van der Waals surface area contributed by atoms with Crippen molar-refractivity contribution in [2.75, 3.05) is 10.6 Å². The number of hydrogen-bond donors (Lipinski definition) is 4. The molecule has 2 amide bonds. The Morgan fingerprint density at radius 3 is 2.36 bits per heavy atom. The summed E-state index contributed by atoms with van der Waals surface area (Å²) >= 11 is 0. The first kappa shape index (κ1) is 13.8. The molecule has 110 valence electrons. The van der Waals surface area contributed by atoms with Crippen molar-refractivity contribution in [1.29, 1.82) is 0 Å². The molecule has 0 atom stereocenters. The Kier molecular flexibility index (Phi) is 3.53. The number of urea groups is 1. The Hall–Kier alpha value is -3.21. The Morgan fingerprint density at radius 1 is 0.818 bits per heavy atom. The Bertz CT molecular complexity index is 846. The first-order valence-corrected chi connectivity index (χ1v) is 6.71. The molecule has 0 heterocycles. The standard InChI is InChI=1S/C17H14N2O3/c20-12-5-1-4-11(10-12)18-17(22)19-15-8-2-7-14-13(15)6-3-9-16(14)21/h1-10,20-21H,(H2,18,19,22). The van der Waals surface area contributed by atoms with E-state index in [2.05, 4.69) is 10.6 Å². The Labute approximate surface area is 126 Å². The third-order valence-electron chi connectivity index (χ3n) is 3.25. The molecule has 3 rings (SSSR count). The zero-order valence-corrected chi connectivity index (χ0v) is 11.6. The van der Waals surface area contributed by atoms with Gasteiger partial charge in [0.25, 0.3) is 0 Å². The van der Waals surface area contributed by atoms with Crippen LogP contribution < -0.4 is 10.6 Å². The summed E-state index contributed by atoms with van der Waals surface area (Å²) < 4.78 is 0. The number of phenolic OH excluding ortho intramolecular Hbond substituents is 2. The lowest BCUT2D eigenvalue weighted by atomic mass is 10.1. The molecular weight excluding hydrogens is 280 g/mol. The molecule has 0 bridgehead atoms. The van der Waals surface area contributed by atoms with Crippen LogP contribution in [-0.4, -0.2) is 16.2 Å². The summed E-state index contributed by atoms with van der Waals surface area (Å²) in [7, 11) is 0. The molecule has 0 radical (unpaired) electrons. The van der Waals surface area contributed by atoms with Crippen molar-refractivity contribution in [3.8, 4) is 11.5 Å². The van der Waals surface area contributed by atoms with Crippen molar-refractivity contribution in [1.82, 2.24) is 0 Å². The van der Waals surface area contributed by atoms with Gasteiger partial charge in [0.05, 0.1) is 5.69 Å². The monoisotopic (exact) mass is 294 g/mol. The van der Waals surface area contributed by atoms with Crippen LogP contribution in [-0.2, 0) is 0 Å². The highest BCUT2D eigenvalue weighted by Gasteiger charge is 2.08. The lowest BCUT2D eigenvalue weighted by molar-refractivity contribution is 0.262. The highest BCUT2D eigenvalue weighted by Crippen LogP contribution is 2.29. The van der Waals surface area contributed by atoms with Gasteiger partial charge in [-0.1, -0.05) is 30.3 Å². The number of aromatic hydroxyl groups is 2. The van der Waals surface area contributed by atoms with Crippen LogP contribution in [0.4, 0.5) is 16.2 Å². The first-order chi connectivity index (χ1) is 10.6. The van der Waals surface area contributed by atoms with E-state index in [-0.39, 0.29) is 11.5 Å². The number of carbonyl (C=O) groups is 1. The van der Waals surface area contributed by atoms with Crippen molar-refractivity contribution >= 4 is 28.2 Å². The lowest BCUT2D eigenvalue weighted by Crippen LogP contribution is -2.19. The third kappa shape index (κ3) is 2.78. The fourth-order valence-electron chi connectivity index (χ4n) is 2.27. The number of phenols is 2. The Balaban J connectivity index is 1.84. The van der Waals surface area contributed by atoms with Gasteiger partial charge in [0.15, 0.2) is 0 Å². The predicted molar refractivity (Wildman–Crippen MR) is 86.4 cm³/mol. The van der Waals surface area contributed by atoms with Crippen LogP contribution >= 0.6 is 0 Å². The minimum atomic E-state index is -0.429. The van der Waals surface area contributed by atoms with E-state index < -0.39 is 6.03 Å². The van der Waals surface area contributed by atoms with Gasteiger partial charge in [0.1, 0.15) is 11.5 Å². The smallest absolute Gasteiger partial charge is 0.323 e. The minimum Gasteiger partial charge on any atom is -0.508 e. The van der Waals surface area contributed by atoms with Gasteiger partial charge < -0.3 is 20.8 Å². The average Bonchev–Trinajstić information content (AvgIpc) is 2.48. The molecule has 0 fully saturated rings. The fraction of sp³-hybridized carbons (Fsp3) is 0. The molecule has 0 aromatic heterocycles. The van der Waals surface area contributed by atoms with Crippen LogP contribution in [0.2, 0.25) is 0 Å². The molecule has 0 aliphatic heterocycles. The Morgan fingerprint density at radius 2 is 1.55 bits per heavy atom. The van der Waals surface area contributed by atoms with Crippen LogP contribution in [0.15, 0.2) is 60.7 Å². The molecule has 0 spiro atoms. The maximum Gasteiger partial charge on any atom is 0.323 e. The van der Waals surface area contributed by atoms with E-state index in [1.807, 2.05) is 6.07 Å². The SMILES string of the molecule is O=C(Nc1cccc(O)c1)Nc1cccc2c(O)cccc12. The summed E-state index contributed by atoms with van der Waals surface area (Å²) in [5, 5.41) is 26.0. The number of rotatable bonds is 2. The number of carbonyl (C=O) groups excluding carboxylic acids is 1. The van der Waals surface area contributed by atoms with Gasteiger partial charge in [-0.15, -0.1) is 0 Å². The van der Waals surface area contributed by atoms with Gasteiger partial charge in [0.2, 0.25) is 0 Å². The molecule has 0 saturated carbocycles. The molecule has 0 aliphatic rings. The highest BCUT2D eigenvalue weighted by molar-refractivity contribution is 6.07. The molecule has 4 N–H and O–H groups in total. The molecule has 22 heavy (non-hydrogen) atoms. The summed E-state index contributed by atoms with van der Waals surface area (Å²) in [6, 6.07) is 16.3. The van der Waals surface area contributed by atoms with Gasteiger partial charge in [-0.3, -0.25) is 0 Å². The lowest BCUT2D eigenvalue weighted by Gasteiger charge is -2.11.